The minimum Gasteiger partial charge on any atom is -0.497 e. The van der Waals surface area contributed by atoms with Gasteiger partial charge in [0.2, 0.25) is 0 Å². The van der Waals surface area contributed by atoms with Gasteiger partial charge in [-0.2, -0.15) is 0 Å². The Morgan fingerprint density at radius 3 is 2.30 bits per heavy atom. The van der Waals surface area contributed by atoms with E-state index in [1.165, 1.54) is 22.7 Å². The number of sulfonamides is 1. The third kappa shape index (κ3) is 5.31. The van der Waals surface area contributed by atoms with E-state index in [9.17, 15) is 13.2 Å². The SMILES string of the molecule is COc1ccc(CNC(=O)COc2ccc(N(C)S(=O)(=O)c3cccs3)cc2)cc1. The summed E-state index contributed by atoms with van der Waals surface area (Å²) in [4.78, 5) is 12.0. The van der Waals surface area contributed by atoms with E-state index in [-0.39, 0.29) is 16.7 Å². The zero-order chi connectivity index (χ0) is 21.6. The summed E-state index contributed by atoms with van der Waals surface area (Å²) in [5.41, 5.74) is 1.45. The summed E-state index contributed by atoms with van der Waals surface area (Å²) in [6.45, 7) is 0.245. The van der Waals surface area contributed by atoms with Crippen LogP contribution in [0.3, 0.4) is 0 Å². The molecule has 1 amide bonds. The van der Waals surface area contributed by atoms with Crippen molar-refractivity contribution >= 4 is 33.0 Å². The Morgan fingerprint density at radius 1 is 1.03 bits per heavy atom. The van der Waals surface area contributed by atoms with Gasteiger partial charge in [0.1, 0.15) is 15.7 Å². The first-order valence-electron chi connectivity index (χ1n) is 9.05. The topological polar surface area (TPSA) is 84.9 Å². The third-order valence-electron chi connectivity index (χ3n) is 4.33. The number of benzene rings is 2. The van der Waals surface area contributed by atoms with E-state index in [0.717, 1.165) is 11.3 Å². The van der Waals surface area contributed by atoms with Crippen LogP contribution in [0.1, 0.15) is 5.56 Å². The van der Waals surface area contributed by atoms with Gasteiger partial charge >= 0.3 is 0 Å². The molecule has 0 aliphatic rings. The normalized spacial score (nSPS) is 11.0. The van der Waals surface area contributed by atoms with E-state index in [4.69, 9.17) is 9.47 Å². The highest BCUT2D eigenvalue weighted by molar-refractivity contribution is 7.94. The fourth-order valence-electron chi connectivity index (χ4n) is 2.58. The van der Waals surface area contributed by atoms with Crippen LogP contribution in [0.15, 0.2) is 70.3 Å². The number of ether oxygens (including phenoxy) is 2. The lowest BCUT2D eigenvalue weighted by molar-refractivity contribution is -0.123. The maximum absolute atomic E-state index is 12.6. The summed E-state index contributed by atoms with van der Waals surface area (Å²) in [6, 6.07) is 17.2. The van der Waals surface area contributed by atoms with Crippen LogP contribution in [0.5, 0.6) is 11.5 Å². The number of carbonyl (C=O) groups is 1. The molecular formula is C21H22N2O5S2. The predicted molar refractivity (Wildman–Crippen MR) is 117 cm³/mol. The standard InChI is InChI=1S/C21H22N2O5S2/c1-23(30(25,26)21-4-3-13-29-21)17-7-11-19(12-8-17)28-15-20(24)22-14-16-5-9-18(27-2)10-6-16/h3-13H,14-15H2,1-2H3,(H,22,24). The first-order chi connectivity index (χ1) is 14.4. The second kappa shape index (κ2) is 9.64. The molecule has 3 rings (SSSR count). The van der Waals surface area contributed by atoms with Gasteiger partial charge in [0, 0.05) is 13.6 Å². The van der Waals surface area contributed by atoms with E-state index in [0.29, 0.717) is 18.0 Å². The highest BCUT2D eigenvalue weighted by atomic mass is 32.2. The first kappa shape index (κ1) is 21.7. The van der Waals surface area contributed by atoms with E-state index in [1.807, 2.05) is 24.3 Å². The zero-order valence-electron chi connectivity index (χ0n) is 16.6. The molecule has 9 heteroatoms. The predicted octanol–water partition coefficient (Wildman–Crippen LogP) is 3.28. The molecule has 0 saturated carbocycles. The van der Waals surface area contributed by atoms with Crippen LogP contribution < -0.4 is 19.1 Å². The van der Waals surface area contributed by atoms with Crippen LogP contribution in [0.2, 0.25) is 0 Å². The summed E-state index contributed by atoms with van der Waals surface area (Å²) in [5.74, 6) is 0.971. The molecule has 0 atom stereocenters. The largest absolute Gasteiger partial charge is 0.497 e. The Hall–Kier alpha value is -3.04. The fourth-order valence-corrected chi connectivity index (χ4v) is 4.94. The number of rotatable bonds is 9. The molecule has 0 saturated heterocycles. The van der Waals surface area contributed by atoms with Gasteiger partial charge in [-0.25, -0.2) is 8.42 Å². The molecule has 0 fully saturated rings. The summed E-state index contributed by atoms with van der Waals surface area (Å²) >= 11 is 1.17. The number of thiophene rings is 1. The van der Waals surface area contributed by atoms with Crippen molar-refractivity contribution in [2.75, 3.05) is 25.1 Å². The minimum atomic E-state index is -3.59. The highest BCUT2D eigenvalue weighted by Crippen LogP contribution is 2.26. The second-order valence-electron chi connectivity index (χ2n) is 6.31. The second-order valence-corrected chi connectivity index (χ2v) is 9.46. The van der Waals surface area contributed by atoms with Gasteiger partial charge < -0.3 is 14.8 Å². The molecule has 158 valence electrons. The molecule has 0 aliphatic carbocycles. The van der Waals surface area contributed by atoms with Crippen molar-refractivity contribution in [3.8, 4) is 11.5 Å². The van der Waals surface area contributed by atoms with Crippen LogP contribution in [-0.2, 0) is 21.4 Å². The van der Waals surface area contributed by atoms with E-state index in [1.54, 1.807) is 48.9 Å². The van der Waals surface area contributed by atoms with Crippen LogP contribution in [0.25, 0.3) is 0 Å². The maximum atomic E-state index is 12.6. The van der Waals surface area contributed by atoms with E-state index in [2.05, 4.69) is 5.32 Å². The summed E-state index contributed by atoms with van der Waals surface area (Å²) in [5, 5.41) is 4.50. The van der Waals surface area contributed by atoms with Crippen molar-refractivity contribution in [1.82, 2.24) is 5.32 Å². The molecule has 1 heterocycles. The number of nitrogens with zero attached hydrogens (tertiary/aromatic N) is 1. The Kier molecular flexibility index (Phi) is 6.96. The Labute approximate surface area is 179 Å². The fraction of sp³-hybridized carbons (Fsp3) is 0.190. The van der Waals surface area contributed by atoms with Crippen LogP contribution >= 0.6 is 11.3 Å². The van der Waals surface area contributed by atoms with Gasteiger partial charge in [-0.15, -0.1) is 11.3 Å². The molecule has 1 aromatic heterocycles. The maximum Gasteiger partial charge on any atom is 0.273 e. The molecule has 1 N–H and O–H groups in total. The quantitative estimate of drug-likeness (QED) is 0.545. The van der Waals surface area contributed by atoms with Crippen LogP contribution in [-0.4, -0.2) is 35.1 Å². The third-order valence-corrected chi connectivity index (χ3v) is 7.49. The smallest absolute Gasteiger partial charge is 0.273 e. The highest BCUT2D eigenvalue weighted by Gasteiger charge is 2.22. The summed E-state index contributed by atoms with van der Waals surface area (Å²) in [6.07, 6.45) is 0. The van der Waals surface area contributed by atoms with E-state index < -0.39 is 10.0 Å². The van der Waals surface area contributed by atoms with E-state index >= 15 is 0 Å². The molecule has 0 bridgehead atoms. The average molecular weight is 447 g/mol. The zero-order valence-corrected chi connectivity index (χ0v) is 18.2. The van der Waals surface area contributed by atoms with Crippen molar-refractivity contribution in [3.05, 3.63) is 71.6 Å². The number of hydrogen-bond donors (Lipinski definition) is 1. The molecular weight excluding hydrogens is 424 g/mol. The van der Waals surface area contributed by atoms with Crippen molar-refractivity contribution in [3.63, 3.8) is 0 Å². The van der Waals surface area contributed by atoms with Crippen molar-refractivity contribution < 1.29 is 22.7 Å². The number of amides is 1. The Balaban J connectivity index is 1.51. The van der Waals surface area contributed by atoms with Crippen molar-refractivity contribution in [2.24, 2.45) is 0 Å². The van der Waals surface area contributed by atoms with Crippen molar-refractivity contribution in [2.45, 2.75) is 10.8 Å². The lowest BCUT2D eigenvalue weighted by Gasteiger charge is -2.18. The van der Waals surface area contributed by atoms with Gasteiger partial charge in [0.15, 0.2) is 6.61 Å². The molecule has 0 unspecified atom stereocenters. The molecule has 7 nitrogen and oxygen atoms in total. The number of carbonyl (C=O) groups excluding carboxylic acids is 1. The van der Waals surface area contributed by atoms with Gasteiger partial charge in [0.25, 0.3) is 15.9 Å². The molecule has 0 aliphatic heterocycles. The van der Waals surface area contributed by atoms with Gasteiger partial charge in [-0.1, -0.05) is 18.2 Å². The molecule has 0 spiro atoms. The summed E-state index contributed by atoms with van der Waals surface area (Å²) in [7, 11) is -0.490. The average Bonchev–Trinajstić information content (AvgIpc) is 3.32. The number of hydrogen-bond acceptors (Lipinski definition) is 6. The lowest BCUT2D eigenvalue weighted by Crippen LogP contribution is -2.28. The molecule has 30 heavy (non-hydrogen) atoms. The Bertz CT molecular complexity index is 1060. The number of nitrogens with one attached hydrogen (secondary N) is 1. The molecule has 3 aromatic rings. The van der Waals surface area contributed by atoms with Crippen LogP contribution in [0, 0.1) is 0 Å². The van der Waals surface area contributed by atoms with Gasteiger partial charge in [-0.05, 0) is 53.4 Å². The number of methoxy groups -OCH3 is 1. The molecule has 2 aromatic carbocycles. The minimum absolute atomic E-state index is 0.140. The lowest BCUT2D eigenvalue weighted by atomic mass is 10.2. The monoisotopic (exact) mass is 446 g/mol. The van der Waals surface area contributed by atoms with Crippen LogP contribution in [0.4, 0.5) is 5.69 Å². The first-order valence-corrected chi connectivity index (χ1v) is 11.4. The number of anilines is 1. The Morgan fingerprint density at radius 2 is 1.70 bits per heavy atom. The van der Waals surface area contributed by atoms with Gasteiger partial charge in [0.05, 0.1) is 12.8 Å². The van der Waals surface area contributed by atoms with Crippen molar-refractivity contribution in [1.29, 1.82) is 0 Å². The summed E-state index contributed by atoms with van der Waals surface area (Å²) < 4.78 is 37.2. The van der Waals surface area contributed by atoms with Gasteiger partial charge in [-0.3, -0.25) is 9.10 Å². The molecule has 0 radical (unpaired) electrons.